The molecule has 2 aliphatic rings. The van der Waals surface area contributed by atoms with E-state index in [-0.39, 0.29) is 34.9 Å². The van der Waals surface area contributed by atoms with Gasteiger partial charge in [-0.25, -0.2) is 0 Å². The third-order valence-corrected chi connectivity index (χ3v) is 8.37. The fraction of sp³-hybridized carbons (Fsp3) is 0.559. The predicted octanol–water partition coefficient (Wildman–Crippen LogP) is 4.91. The summed E-state index contributed by atoms with van der Waals surface area (Å²) < 4.78 is 22.8. The fourth-order valence-corrected chi connectivity index (χ4v) is 6.32. The van der Waals surface area contributed by atoms with E-state index in [1.54, 1.807) is 33.5 Å². The van der Waals surface area contributed by atoms with E-state index in [4.69, 9.17) is 18.9 Å². The van der Waals surface area contributed by atoms with Gasteiger partial charge >= 0.3 is 0 Å². The minimum atomic E-state index is -0.358. The number of carbonyl (C=O) groups is 2. The van der Waals surface area contributed by atoms with Crippen molar-refractivity contribution >= 4 is 17.5 Å². The number of anilines is 1. The van der Waals surface area contributed by atoms with Gasteiger partial charge in [0.1, 0.15) is 0 Å². The number of methoxy groups -OCH3 is 3. The second kappa shape index (κ2) is 14.8. The molecule has 240 valence electrons. The first kappa shape index (κ1) is 33.1. The number of hydrogen-bond acceptors (Lipinski definition) is 8. The van der Waals surface area contributed by atoms with Crippen LogP contribution in [-0.4, -0.2) is 57.9 Å². The van der Waals surface area contributed by atoms with Gasteiger partial charge in [0.05, 0.1) is 38.7 Å². The van der Waals surface area contributed by atoms with Crippen LogP contribution in [-0.2, 0) is 20.7 Å². The molecule has 10 heteroatoms. The van der Waals surface area contributed by atoms with Crippen molar-refractivity contribution in [2.45, 2.75) is 89.8 Å². The number of nitrogens with one attached hydrogen (secondary N) is 3. The Kier molecular flexibility index (Phi) is 11.1. The van der Waals surface area contributed by atoms with Crippen molar-refractivity contribution in [3.8, 4) is 28.4 Å². The molecule has 2 aromatic rings. The quantitative estimate of drug-likeness (QED) is 0.290. The van der Waals surface area contributed by atoms with E-state index in [0.717, 1.165) is 54.4 Å². The fourth-order valence-electron chi connectivity index (χ4n) is 6.32. The van der Waals surface area contributed by atoms with Crippen molar-refractivity contribution < 1.29 is 28.5 Å². The Balaban J connectivity index is 1.47. The van der Waals surface area contributed by atoms with E-state index in [9.17, 15) is 14.4 Å². The Morgan fingerprint density at radius 1 is 0.977 bits per heavy atom. The van der Waals surface area contributed by atoms with E-state index < -0.39 is 0 Å². The van der Waals surface area contributed by atoms with Crippen molar-refractivity contribution in [1.29, 1.82) is 0 Å². The summed E-state index contributed by atoms with van der Waals surface area (Å²) in [5.74, 6) is 1.45. The zero-order valence-electron chi connectivity index (χ0n) is 26.9. The van der Waals surface area contributed by atoms with Gasteiger partial charge in [-0.2, -0.15) is 0 Å². The molecule has 0 aromatic heterocycles. The lowest BCUT2D eigenvalue weighted by Crippen LogP contribution is -2.45. The highest BCUT2D eigenvalue weighted by Crippen LogP contribution is 2.50. The molecular weight excluding hydrogens is 562 g/mol. The summed E-state index contributed by atoms with van der Waals surface area (Å²) in [6, 6.07) is 7.06. The molecule has 2 atom stereocenters. The minimum absolute atomic E-state index is 0.0813. The third kappa shape index (κ3) is 8.02. The van der Waals surface area contributed by atoms with Gasteiger partial charge < -0.3 is 34.9 Å². The molecule has 10 nitrogen and oxygen atoms in total. The number of fused-ring (bicyclic) bond motifs is 3. The normalized spacial score (nSPS) is 18.6. The number of aryl methyl sites for hydroxylation is 1. The lowest BCUT2D eigenvalue weighted by atomic mass is 9.94. The summed E-state index contributed by atoms with van der Waals surface area (Å²) in [7, 11) is 4.73. The van der Waals surface area contributed by atoms with Gasteiger partial charge in [0.25, 0.3) is 0 Å². The van der Waals surface area contributed by atoms with Gasteiger partial charge in [0.2, 0.25) is 23.0 Å². The molecule has 0 unspecified atom stereocenters. The van der Waals surface area contributed by atoms with E-state index >= 15 is 0 Å². The highest BCUT2D eigenvalue weighted by atomic mass is 16.5. The standard InChI is InChI=1S/C34H47N3O7/c1-21(38)36-26-13-11-22-18-29(41-4)32(42-5)33(43-6)31(22)24-12-14-27(28(39)19-25(24)26)35-16-9-7-8-10-30(40)37-23-15-17-44-34(2,3)20-23/h12,14,18-19,23,26H,7-11,13,15-17,20H2,1-6H3,(H,35,39)(H,36,38)(H,37,40)/t23-,26+/m1/s1. The number of unbranched alkanes of at least 4 members (excludes halogenated alkanes) is 2. The Hall–Kier alpha value is -3.79. The average Bonchev–Trinajstić information content (AvgIpc) is 3.21. The maximum atomic E-state index is 13.5. The second-order valence-electron chi connectivity index (χ2n) is 12.2. The van der Waals surface area contributed by atoms with Crippen LogP contribution in [0.1, 0.15) is 82.9 Å². The van der Waals surface area contributed by atoms with Crippen molar-refractivity contribution in [2.75, 3.05) is 39.8 Å². The molecule has 1 fully saturated rings. The van der Waals surface area contributed by atoms with Crippen LogP contribution in [0.4, 0.5) is 5.69 Å². The Bertz CT molecular complexity index is 1410. The largest absolute Gasteiger partial charge is 0.493 e. The molecule has 1 aliphatic carbocycles. The summed E-state index contributed by atoms with van der Waals surface area (Å²) in [4.78, 5) is 38.1. The number of carbonyl (C=O) groups excluding carboxylic acids is 2. The highest BCUT2D eigenvalue weighted by molar-refractivity contribution is 5.83. The van der Waals surface area contributed by atoms with Crippen LogP contribution in [0.25, 0.3) is 11.1 Å². The third-order valence-electron chi connectivity index (χ3n) is 8.37. The van der Waals surface area contributed by atoms with Gasteiger partial charge in [-0.05, 0) is 87.3 Å². The molecule has 0 bridgehead atoms. The minimum Gasteiger partial charge on any atom is -0.493 e. The maximum absolute atomic E-state index is 13.5. The topological polar surface area (TPSA) is 124 Å². The monoisotopic (exact) mass is 609 g/mol. The van der Waals surface area contributed by atoms with Crippen molar-refractivity contribution in [3.63, 3.8) is 0 Å². The molecule has 2 aromatic carbocycles. The smallest absolute Gasteiger partial charge is 0.220 e. The van der Waals surface area contributed by atoms with Crippen LogP contribution < -0.4 is 35.6 Å². The Morgan fingerprint density at radius 2 is 1.75 bits per heavy atom. The molecule has 3 N–H and O–H groups in total. The van der Waals surface area contributed by atoms with E-state index in [1.807, 2.05) is 12.1 Å². The first-order valence-corrected chi connectivity index (χ1v) is 15.5. The molecule has 0 saturated carbocycles. The first-order valence-electron chi connectivity index (χ1n) is 15.5. The van der Waals surface area contributed by atoms with Crippen molar-refractivity contribution in [3.05, 3.63) is 45.6 Å². The SMILES string of the molecule is COc1cc2c(c(OC)c1OC)-c1ccc(NCCCCCC(=O)N[C@@H]3CCOC(C)(C)C3)c(=O)cc1[C@@H](NC(C)=O)CC2. The molecule has 2 amide bonds. The molecule has 0 radical (unpaired) electrons. The molecule has 0 spiro atoms. The van der Waals surface area contributed by atoms with E-state index in [1.165, 1.54) is 6.92 Å². The van der Waals surface area contributed by atoms with Gasteiger partial charge in [-0.1, -0.05) is 12.5 Å². The van der Waals surface area contributed by atoms with Gasteiger partial charge in [-0.3, -0.25) is 14.4 Å². The van der Waals surface area contributed by atoms with Crippen molar-refractivity contribution in [2.24, 2.45) is 0 Å². The first-order chi connectivity index (χ1) is 21.1. The number of ether oxygens (including phenoxy) is 4. The van der Waals surface area contributed by atoms with Crippen LogP contribution in [0.2, 0.25) is 0 Å². The lowest BCUT2D eigenvalue weighted by Gasteiger charge is -2.35. The molecule has 4 rings (SSSR count). The predicted molar refractivity (Wildman–Crippen MR) is 171 cm³/mol. The maximum Gasteiger partial charge on any atom is 0.220 e. The molecular formula is C34H47N3O7. The lowest BCUT2D eigenvalue weighted by molar-refractivity contribution is -0.124. The zero-order valence-corrected chi connectivity index (χ0v) is 26.9. The van der Waals surface area contributed by atoms with Crippen LogP contribution in [0, 0.1) is 0 Å². The number of benzene rings is 1. The number of rotatable bonds is 12. The number of hydrogen-bond donors (Lipinski definition) is 3. The average molecular weight is 610 g/mol. The van der Waals surface area contributed by atoms with E-state index in [2.05, 4.69) is 29.8 Å². The summed E-state index contributed by atoms with van der Waals surface area (Å²) in [6.07, 6.45) is 5.85. The van der Waals surface area contributed by atoms with Gasteiger partial charge in [-0.15, -0.1) is 0 Å². The van der Waals surface area contributed by atoms with Gasteiger partial charge in [0.15, 0.2) is 11.5 Å². The highest BCUT2D eigenvalue weighted by Gasteiger charge is 2.30. The summed E-state index contributed by atoms with van der Waals surface area (Å²) in [6.45, 7) is 6.86. The van der Waals surface area contributed by atoms with E-state index in [0.29, 0.717) is 55.4 Å². The van der Waals surface area contributed by atoms with Crippen LogP contribution >= 0.6 is 0 Å². The summed E-state index contributed by atoms with van der Waals surface area (Å²) >= 11 is 0. The molecule has 1 heterocycles. The zero-order chi connectivity index (χ0) is 31.9. The molecule has 1 saturated heterocycles. The van der Waals surface area contributed by atoms with Crippen molar-refractivity contribution in [1.82, 2.24) is 10.6 Å². The van der Waals surface area contributed by atoms with Gasteiger partial charge in [0, 0.05) is 38.1 Å². The Labute approximate surface area is 260 Å². The van der Waals surface area contributed by atoms with Crippen LogP contribution in [0.15, 0.2) is 29.1 Å². The molecule has 44 heavy (non-hydrogen) atoms. The number of amides is 2. The van der Waals surface area contributed by atoms with Crippen LogP contribution in [0.3, 0.4) is 0 Å². The van der Waals surface area contributed by atoms with Crippen LogP contribution in [0.5, 0.6) is 17.2 Å². The second-order valence-corrected chi connectivity index (χ2v) is 12.2. The summed E-state index contributed by atoms with van der Waals surface area (Å²) in [5.41, 5.74) is 3.42. The Morgan fingerprint density at radius 3 is 2.43 bits per heavy atom. The summed E-state index contributed by atoms with van der Waals surface area (Å²) in [5, 5.41) is 9.48. The molecule has 1 aliphatic heterocycles.